The molecule has 2 heteroatoms. The van der Waals surface area contributed by atoms with Crippen molar-refractivity contribution < 1.29 is 4.74 Å². The topological polar surface area (TPSA) is 21.3 Å². The lowest BCUT2D eigenvalue weighted by Gasteiger charge is -2.32. The first-order valence-corrected chi connectivity index (χ1v) is 7.45. The van der Waals surface area contributed by atoms with Crippen LogP contribution in [-0.2, 0) is 0 Å². The van der Waals surface area contributed by atoms with Crippen molar-refractivity contribution >= 4 is 0 Å². The van der Waals surface area contributed by atoms with Gasteiger partial charge in [0.05, 0.1) is 6.61 Å². The van der Waals surface area contributed by atoms with E-state index in [0.29, 0.717) is 6.04 Å². The Labute approximate surface area is 118 Å². The van der Waals surface area contributed by atoms with Crippen molar-refractivity contribution in [2.75, 3.05) is 13.2 Å². The lowest BCUT2D eigenvalue weighted by molar-refractivity contribution is 0.272. The van der Waals surface area contributed by atoms with Gasteiger partial charge in [-0.1, -0.05) is 46.8 Å². The van der Waals surface area contributed by atoms with E-state index in [0.717, 1.165) is 31.7 Å². The highest BCUT2D eigenvalue weighted by Gasteiger charge is 2.25. The minimum Gasteiger partial charge on any atom is -0.494 e. The van der Waals surface area contributed by atoms with E-state index in [2.05, 4.69) is 64.2 Å². The summed E-state index contributed by atoms with van der Waals surface area (Å²) in [6.07, 6.45) is 2.20. The van der Waals surface area contributed by atoms with Crippen LogP contribution in [-0.4, -0.2) is 13.2 Å². The second-order valence-electron chi connectivity index (χ2n) is 6.17. The van der Waals surface area contributed by atoms with Crippen LogP contribution in [0.5, 0.6) is 5.75 Å². The summed E-state index contributed by atoms with van der Waals surface area (Å²) >= 11 is 0. The summed E-state index contributed by atoms with van der Waals surface area (Å²) in [5.41, 5.74) is 1.55. The van der Waals surface area contributed by atoms with Crippen LogP contribution >= 0.6 is 0 Å². The fourth-order valence-electron chi connectivity index (χ4n) is 2.19. The van der Waals surface area contributed by atoms with Crippen LogP contribution in [0.2, 0.25) is 0 Å². The van der Waals surface area contributed by atoms with Gasteiger partial charge in [0.1, 0.15) is 5.75 Å². The Bertz CT molecular complexity index is 351. The maximum absolute atomic E-state index is 5.64. The Morgan fingerprint density at radius 2 is 1.68 bits per heavy atom. The maximum atomic E-state index is 5.64. The van der Waals surface area contributed by atoms with Crippen LogP contribution in [0, 0.1) is 5.41 Å². The van der Waals surface area contributed by atoms with E-state index >= 15 is 0 Å². The monoisotopic (exact) mass is 263 g/mol. The molecule has 0 spiro atoms. The Hall–Kier alpha value is -1.02. The zero-order chi connectivity index (χ0) is 14.3. The number of ether oxygens (including phenoxy) is 1. The molecule has 0 aliphatic rings. The second kappa shape index (κ2) is 7.54. The van der Waals surface area contributed by atoms with Crippen molar-refractivity contribution in [3.8, 4) is 5.75 Å². The molecule has 1 N–H and O–H groups in total. The number of rotatable bonds is 7. The number of nitrogens with one attached hydrogen (secondary N) is 1. The molecule has 0 aliphatic carbocycles. The summed E-state index contributed by atoms with van der Waals surface area (Å²) in [5, 5.41) is 3.65. The smallest absolute Gasteiger partial charge is 0.119 e. The molecule has 1 unspecified atom stereocenters. The minimum absolute atomic E-state index is 0.209. The van der Waals surface area contributed by atoms with Crippen molar-refractivity contribution in [2.24, 2.45) is 5.41 Å². The molecule has 0 amide bonds. The zero-order valence-corrected chi connectivity index (χ0v) is 13.1. The summed E-state index contributed by atoms with van der Waals surface area (Å²) in [5.74, 6) is 0.966. The molecule has 19 heavy (non-hydrogen) atoms. The van der Waals surface area contributed by atoms with Crippen molar-refractivity contribution in [3.05, 3.63) is 29.8 Å². The number of hydrogen-bond acceptors (Lipinski definition) is 2. The Kier molecular flexibility index (Phi) is 6.36. The second-order valence-corrected chi connectivity index (χ2v) is 6.17. The Morgan fingerprint density at radius 1 is 1.05 bits per heavy atom. The van der Waals surface area contributed by atoms with E-state index in [1.54, 1.807) is 0 Å². The average Bonchev–Trinajstić information content (AvgIpc) is 2.36. The normalized spacial score (nSPS) is 13.3. The molecule has 0 aliphatic heterocycles. The first-order valence-electron chi connectivity index (χ1n) is 7.45. The van der Waals surface area contributed by atoms with E-state index in [9.17, 15) is 0 Å². The van der Waals surface area contributed by atoms with Crippen LogP contribution in [0.15, 0.2) is 24.3 Å². The van der Waals surface area contributed by atoms with Gasteiger partial charge in [0.15, 0.2) is 0 Å². The van der Waals surface area contributed by atoms with Gasteiger partial charge in [-0.2, -0.15) is 0 Å². The molecule has 0 heterocycles. The van der Waals surface area contributed by atoms with Crippen LogP contribution in [0.25, 0.3) is 0 Å². The van der Waals surface area contributed by atoms with Gasteiger partial charge in [-0.05, 0) is 42.5 Å². The predicted octanol–water partition coefficient (Wildman–Crippen LogP) is 4.56. The van der Waals surface area contributed by atoms with E-state index in [1.165, 1.54) is 5.56 Å². The average molecular weight is 263 g/mol. The highest BCUT2D eigenvalue weighted by molar-refractivity contribution is 5.30. The van der Waals surface area contributed by atoms with Crippen LogP contribution in [0.3, 0.4) is 0 Å². The van der Waals surface area contributed by atoms with Crippen molar-refractivity contribution in [1.29, 1.82) is 0 Å². The first-order chi connectivity index (χ1) is 8.99. The quantitative estimate of drug-likeness (QED) is 0.778. The fraction of sp³-hybridized carbons (Fsp3) is 0.647. The van der Waals surface area contributed by atoms with Crippen molar-refractivity contribution in [3.63, 3.8) is 0 Å². The van der Waals surface area contributed by atoms with Gasteiger partial charge in [-0.15, -0.1) is 0 Å². The van der Waals surface area contributed by atoms with E-state index in [4.69, 9.17) is 4.74 Å². The largest absolute Gasteiger partial charge is 0.494 e. The molecule has 0 aromatic heterocycles. The van der Waals surface area contributed by atoms with Gasteiger partial charge < -0.3 is 10.1 Å². The molecule has 2 nitrogen and oxygen atoms in total. The third-order valence-electron chi connectivity index (χ3n) is 3.15. The third-order valence-corrected chi connectivity index (χ3v) is 3.15. The van der Waals surface area contributed by atoms with Crippen molar-refractivity contribution in [2.45, 2.75) is 53.5 Å². The van der Waals surface area contributed by atoms with Crippen LogP contribution in [0.4, 0.5) is 0 Å². The molecule has 1 aromatic rings. The summed E-state index contributed by atoms with van der Waals surface area (Å²) < 4.78 is 5.64. The highest BCUT2D eigenvalue weighted by atomic mass is 16.5. The van der Waals surface area contributed by atoms with Crippen molar-refractivity contribution in [1.82, 2.24) is 5.32 Å². The lowest BCUT2D eigenvalue weighted by atomic mass is 9.82. The Morgan fingerprint density at radius 3 is 2.16 bits per heavy atom. The van der Waals surface area contributed by atoms with Gasteiger partial charge in [-0.25, -0.2) is 0 Å². The van der Waals surface area contributed by atoms with Gasteiger partial charge in [-0.3, -0.25) is 0 Å². The molecular formula is C17H29NO. The molecule has 1 atom stereocenters. The molecule has 0 saturated carbocycles. The molecule has 1 aromatic carbocycles. The molecule has 0 bridgehead atoms. The van der Waals surface area contributed by atoms with Gasteiger partial charge in [0.25, 0.3) is 0 Å². The van der Waals surface area contributed by atoms with Crippen LogP contribution in [0.1, 0.15) is 59.1 Å². The van der Waals surface area contributed by atoms with E-state index < -0.39 is 0 Å². The molecule has 0 radical (unpaired) electrons. The summed E-state index contributed by atoms with van der Waals surface area (Å²) in [4.78, 5) is 0. The number of hydrogen-bond donors (Lipinski definition) is 1. The van der Waals surface area contributed by atoms with Gasteiger partial charge >= 0.3 is 0 Å². The number of benzene rings is 1. The van der Waals surface area contributed by atoms with E-state index in [1.807, 2.05) is 0 Å². The highest BCUT2D eigenvalue weighted by Crippen LogP contribution is 2.33. The maximum Gasteiger partial charge on any atom is 0.119 e. The Balaban J connectivity index is 2.79. The zero-order valence-electron chi connectivity index (χ0n) is 13.1. The fourth-order valence-corrected chi connectivity index (χ4v) is 2.19. The standard InChI is InChI=1S/C17H29NO/c1-6-12-18-16(17(3,4)5)14-8-10-15(11-9-14)19-13-7-2/h8-11,16,18H,6-7,12-13H2,1-5H3. The third kappa shape index (κ3) is 5.23. The summed E-state index contributed by atoms with van der Waals surface area (Å²) in [6.45, 7) is 13.0. The molecular weight excluding hydrogens is 234 g/mol. The molecule has 0 saturated heterocycles. The van der Waals surface area contributed by atoms with Gasteiger partial charge in [0, 0.05) is 6.04 Å². The van der Waals surface area contributed by atoms with Gasteiger partial charge in [0.2, 0.25) is 0 Å². The molecule has 0 fully saturated rings. The minimum atomic E-state index is 0.209. The summed E-state index contributed by atoms with van der Waals surface area (Å²) in [7, 11) is 0. The SMILES string of the molecule is CCCNC(c1ccc(OCCC)cc1)C(C)(C)C. The van der Waals surface area contributed by atoms with Crippen LogP contribution < -0.4 is 10.1 Å². The summed E-state index contributed by atoms with van der Waals surface area (Å²) in [6, 6.07) is 8.91. The predicted molar refractivity (Wildman–Crippen MR) is 82.7 cm³/mol. The molecule has 108 valence electrons. The van der Waals surface area contributed by atoms with E-state index in [-0.39, 0.29) is 5.41 Å². The first kappa shape index (κ1) is 16.0. The molecule has 1 rings (SSSR count). The lowest BCUT2D eigenvalue weighted by Crippen LogP contribution is -2.32.